The van der Waals surface area contributed by atoms with Gasteiger partial charge in [-0.1, -0.05) is 46.6 Å². The van der Waals surface area contributed by atoms with Gasteiger partial charge in [0.2, 0.25) is 0 Å². The maximum absolute atomic E-state index is 9.46. The number of oxime groups is 1. The van der Waals surface area contributed by atoms with Crippen LogP contribution in [0.25, 0.3) is 0 Å². The van der Waals surface area contributed by atoms with E-state index >= 15 is 0 Å². The van der Waals surface area contributed by atoms with Gasteiger partial charge in [-0.2, -0.15) is 0 Å². The molecular weight excluding hydrogens is 375 g/mol. The first-order valence-electron chi connectivity index (χ1n) is 7.57. The molecule has 0 unspecified atom stereocenters. The third-order valence-electron chi connectivity index (χ3n) is 4.00. The van der Waals surface area contributed by atoms with E-state index < -0.39 is 0 Å². The van der Waals surface area contributed by atoms with Crippen LogP contribution in [0.1, 0.15) is 16.0 Å². The number of nitrogens with zero attached hydrogens (tertiary/aromatic N) is 2. The van der Waals surface area contributed by atoms with Gasteiger partial charge < -0.3 is 10.1 Å². The highest BCUT2D eigenvalue weighted by Crippen LogP contribution is 2.33. The van der Waals surface area contributed by atoms with E-state index in [2.05, 4.69) is 29.1 Å². The summed E-state index contributed by atoms with van der Waals surface area (Å²) in [5.74, 6) is 0. The van der Waals surface area contributed by atoms with Gasteiger partial charge in [-0.15, -0.1) is 11.3 Å². The van der Waals surface area contributed by atoms with Crippen LogP contribution in [0.2, 0.25) is 10.0 Å². The molecule has 0 saturated heterocycles. The van der Waals surface area contributed by atoms with Crippen LogP contribution >= 0.6 is 34.5 Å². The first-order chi connectivity index (χ1) is 12.0. The number of hydrogen-bond acceptors (Lipinski definition) is 4. The Balaban J connectivity index is 1.99. The van der Waals surface area contributed by atoms with Crippen molar-refractivity contribution in [2.75, 3.05) is 11.9 Å². The van der Waals surface area contributed by atoms with Crippen LogP contribution < -0.4 is 4.90 Å². The Bertz CT molecular complexity index is 937. The molecule has 6 heteroatoms. The lowest BCUT2D eigenvalue weighted by molar-refractivity contribution is 0.320. The fraction of sp³-hybridized carbons (Fsp3) is 0.105. The molecule has 0 aliphatic heterocycles. The van der Waals surface area contributed by atoms with E-state index in [1.165, 1.54) is 16.9 Å². The van der Waals surface area contributed by atoms with Gasteiger partial charge in [0.25, 0.3) is 0 Å². The van der Waals surface area contributed by atoms with Gasteiger partial charge in [0.1, 0.15) is 5.71 Å². The molecule has 3 rings (SSSR count). The average molecular weight is 391 g/mol. The van der Waals surface area contributed by atoms with E-state index in [-0.39, 0.29) is 0 Å². The summed E-state index contributed by atoms with van der Waals surface area (Å²) in [4.78, 5) is 2.75. The van der Waals surface area contributed by atoms with Crippen molar-refractivity contribution in [2.24, 2.45) is 5.16 Å². The third kappa shape index (κ3) is 3.52. The number of thiophene rings is 1. The molecule has 0 bridgehead atoms. The predicted octanol–water partition coefficient (Wildman–Crippen LogP) is 6.36. The molecule has 0 aliphatic carbocycles. The van der Waals surface area contributed by atoms with Crippen molar-refractivity contribution in [1.82, 2.24) is 0 Å². The maximum atomic E-state index is 9.46. The Morgan fingerprint density at radius 1 is 1.08 bits per heavy atom. The van der Waals surface area contributed by atoms with Gasteiger partial charge in [0.15, 0.2) is 0 Å². The molecule has 0 atom stereocenters. The molecule has 3 nitrogen and oxygen atoms in total. The number of hydrogen-bond donors (Lipinski definition) is 1. The van der Waals surface area contributed by atoms with E-state index in [0.29, 0.717) is 26.2 Å². The lowest BCUT2D eigenvalue weighted by Gasteiger charge is -2.22. The average Bonchev–Trinajstić information content (AvgIpc) is 3.03. The molecule has 1 N–H and O–H groups in total. The second-order valence-corrected chi connectivity index (χ2v) is 7.29. The van der Waals surface area contributed by atoms with Crippen molar-refractivity contribution < 1.29 is 5.21 Å². The molecule has 0 spiro atoms. The van der Waals surface area contributed by atoms with Crippen molar-refractivity contribution in [2.45, 2.75) is 6.92 Å². The molecule has 3 aromatic rings. The topological polar surface area (TPSA) is 35.8 Å². The summed E-state index contributed by atoms with van der Waals surface area (Å²) < 4.78 is 0. The molecular formula is C19H16Cl2N2OS. The van der Waals surface area contributed by atoms with E-state index in [1.54, 1.807) is 6.07 Å². The summed E-state index contributed by atoms with van der Waals surface area (Å²) in [6, 6.07) is 15.6. The first kappa shape index (κ1) is 17.8. The van der Waals surface area contributed by atoms with Gasteiger partial charge in [0.05, 0.1) is 14.9 Å². The fourth-order valence-electron chi connectivity index (χ4n) is 2.67. The Kier molecular flexibility index (Phi) is 5.33. The molecule has 25 heavy (non-hydrogen) atoms. The van der Waals surface area contributed by atoms with Crippen LogP contribution in [0.15, 0.2) is 59.1 Å². The van der Waals surface area contributed by atoms with Gasteiger partial charge in [0, 0.05) is 24.0 Å². The minimum atomic E-state index is 0.370. The standard InChI is InChI=1S/C19H16Cl2N2OS/c1-12-5-3-4-6-17(12)23(2)13-7-8-14(16(21)11-13)18(22-24)19-15(20)9-10-25-19/h3-11,24H,1-2H3/b22-18-. The van der Waals surface area contributed by atoms with Gasteiger partial charge in [-0.25, -0.2) is 0 Å². The van der Waals surface area contributed by atoms with Crippen LogP contribution in [0.4, 0.5) is 11.4 Å². The van der Waals surface area contributed by atoms with Crippen LogP contribution in [0.5, 0.6) is 0 Å². The summed E-state index contributed by atoms with van der Waals surface area (Å²) in [6.07, 6.45) is 0. The van der Waals surface area contributed by atoms with Crippen molar-refractivity contribution in [1.29, 1.82) is 0 Å². The highest BCUT2D eigenvalue weighted by atomic mass is 35.5. The Morgan fingerprint density at radius 2 is 1.84 bits per heavy atom. The molecule has 0 aliphatic rings. The first-order valence-corrected chi connectivity index (χ1v) is 9.21. The lowest BCUT2D eigenvalue weighted by Crippen LogP contribution is -2.11. The number of aryl methyl sites for hydroxylation is 1. The van der Waals surface area contributed by atoms with Gasteiger partial charge in [-0.05, 0) is 48.2 Å². The minimum Gasteiger partial charge on any atom is -0.410 e. The van der Waals surface area contributed by atoms with Crippen molar-refractivity contribution in [3.63, 3.8) is 0 Å². The quantitative estimate of drug-likeness (QED) is 0.319. The molecule has 128 valence electrons. The van der Waals surface area contributed by atoms with Gasteiger partial charge >= 0.3 is 0 Å². The Hall–Kier alpha value is -2.01. The Labute approximate surface area is 160 Å². The molecule has 0 amide bonds. The molecule has 1 heterocycles. The van der Waals surface area contributed by atoms with E-state index in [9.17, 15) is 5.21 Å². The normalized spacial score (nSPS) is 11.6. The van der Waals surface area contributed by atoms with E-state index in [4.69, 9.17) is 23.2 Å². The minimum absolute atomic E-state index is 0.370. The number of anilines is 2. The number of para-hydroxylation sites is 1. The largest absolute Gasteiger partial charge is 0.410 e. The van der Waals surface area contributed by atoms with Crippen LogP contribution in [-0.4, -0.2) is 18.0 Å². The molecule has 0 radical (unpaired) electrons. The summed E-state index contributed by atoms with van der Waals surface area (Å²) >= 11 is 14.1. The Morgan fingerprint density at radius 3 is 2.44 bits per heavy atom. The zero-order chi connectivity index (χ0) is 18.0. The second-order valence-electron chi connectivity index (χ2n) is 5.56. The SMILES string of the molecule is Cc1ccccc1N(C)c1ccc(/C(=N/O)c2sccc2Cl)c(Cl)c1. The highest BCUT2D eigenvalue weighted by Gasteiger charge is 2.17. The number of benzene rings is 2. The fourth-order valence-corrected chi connectivity index (χ4v) is 4.08. The van der Waals surface area contributed by atoms with Crippen LogP contribution in [-0.2, 0) is 0 Å². The lowest BCUT2D eigenvalue weighted by atomic mass is 10.1. The molecule has 0 fully saturated rings. The smallest absolute Gasteiger partial charge is 0.130 e. The summed E-state index contributed by atoms with van der Waals surface area (Å²) in [5, 5.41) is 15.8. The van der Waals surface area contributed by atoms with Crippen LogP contribution in [0, 0.1) is 6.92 Å². The highest BCUT2D eigenvalue weighted by molar-refractivity contribution is 7.13. The van der Waals surface area contributed by atoms with E-state index in [1.807, 2.05) is 42.8 Å². The van der Waals surface area contributed by atoms with Crippen molar-refractivity contribution in [3.8, 4) is 0 Å². The molecule has 2 aromatic carbocycles. The number of rotatable bonds is 4. The van der Waals surface area contributed by atoms with Crippen molar-refractivity contribution >= 4 is 51.6 Å². The zero-order valence-corrected chi connectivity index (χ0v) is 16.0. The summed E-state index contributed by atoms with van der Waals surface area (Å²) in [5.41, 5.74) is 4.22. The van der Waals surface area contributed by atoms with Crippen molar-refractivity contribution in [3.05, 3.63) is 80.0 Å². The monoisotopic (exact) mass is 390 g/mol. The molecule has 1 aromatic heterocycles. The predicted molar refractivity (Wildman–Crippen MR) is 107 cm³/mol. The summed E-state index contributed by atoms with van der Waals surface area (Å²) in [6.45, 7) is 2.07. The van der Waals surface area contributed by atoms with Gasteiger partial charge in [-0.3, -0.25) is 0 Å². The molecule has 0 saturated carbocycles. The third-order valence-corrected chi connectivity index (χ3v) is 5.67. The van der Waals surface area contributed by atoms with E-state index in [0.717, 1.165) is 11.4 Å². The van der Waals surface area contributed by atoms with Crippen LogP contribution in [0.3, 0.4) is 0 Å². The number of halogens is 2. The zero-order valence-electron chi connectivity index (χ0n) is 13.7. The summed E-state index contributed by atoms with van der Waals surface area (Å²) in [7, 11) is 1.99. The maximum Gasteiger partial charge on any atom is 0.130 e. The second kappa shape index (κ2) is 7.48.